The summed E-state index contributed by atoms with van der Waals surface area (Å²) in [6.07, 6.45) is 3.47. The van der Waals surface area contributed by atoms with Crippen LogP contribution < -0.4 is 5.32 Å². The van der Waals surface area contributed by atoms with Crippen LogP contribution in [0.15, 0.2) is 59.4 Å². The minimum Gasteiger partial charge on any atom is -0.478 e. The number of thiazole rings is 1. The van der Waals surface area contributed by atoms with Crippen molar-refractivity contribution in [3.05, 3.63) is 82.3 Å². The summed E-state index contributed by atoms with van der Waals surface area (Å²) in [6, 6.07) is 13.0. The summed E-state index contributed by atoms with van der Waals surface area (Å²) in [5.41, 5.74) is 6.33. The Morgan fingerprint density at radius 2 is 1.98 bits per heavy atom. The van der Waals surface area contributed by atoms with Gasteiger partial charge in [-0.15, -0.1) is 11.3 Å². The molecule has 2 aromatic carbocycles. The number of carboxylic acid groups (broad SMARTS) is 1. The van der Waals surface area contributed by atoms with Gasteiger partial charge in [-0.25, -0.2) is 14.8 Å². The number of hydrogen-bond donors (Lipinski definition) is 2. The lowest BCUT2D eigenvalue weighted by atomic mass is 9.95. The number of fused-ring (bicyclic) bond motifs is 1. The van der Waals surface area contributed by atoms with Crippen LogP contribution in [0.5, 0.6) is 0 Å². The smallest absolute Gasteiger partial charge is 0.337 e. The molecule has 1 aliphatic rings. The topological polar surface area (TPSA) is 120 Å². The molecule has 204 valence electrons. The van der Waals surface area contributed by atoms with E-state index in [9.17, 15) is 9.90 Å². The first-order valence-corrected chi connectivity index (χ1v) is 13.7. The Kier molecular flexibility index (Phi) is 6.61. The highest BCUT2D eigenvalue weighted by Crippen LogP contribution is 2.43. The van der Waals surface area contributed by atoms with Crippen molar-refractivity contribution in [2.75, 3.05) is 25.6 Å². The van der Waals surface area contributed by atoms with Crippen LogP contribution in [0.4, 0.5) is 5.69 Å². The van der Waals surface area contributed by atoms with Gasteiger partial charge in [0.05, 0.1) is 46.1 Å². The third-order valence-electron chi connectivity index (χ3n) is 7.33. The number of nitrogens with zero attached hydrogens (tertiary/aromatic N) is 3. The van der Waals surface area contributed by atoms with E-state index >= 15 is 0 Å². The van der Waals surface area contributed by atoms with Gasteiger partial charge in [-0.1, -0.05) is 23.4 Å². The monoisotopic (exact) mass is 556 g/mol. The Labute approximate surface area is 234 Å². The van der Waals surface area contributed by atoms with Gasteiger partial charge in [-0.3, -0.25) is 0 Å². The first-order chi connectivity index (χ1) is 19.3. The van der Waals surface area contributed by atoms with Gasteiger partial charge in [0.1, 0.15) is 11.3 Å². The molecule has 1 aliphatic heterocycles. The van der Waals surface area contributed by atoms with Crippen LogP contribution in [-0.4, -0.2) is 46.5 Å². The van der Waals surface area contributed by atoms with Crippen molar-refractivity contribution < 1.29 is 23.9 Å². The molecule has 3 aromatic heterocycles. The number of aromatic nitrogens is 3. The number of pyridine rings is 1. The highest BCUT2D eigenvalue weighted by Gasteiger charge is 2.43. The Morgan fingerprint density at radius 3 is 2.65 bits per heavy atom. The molecular formula is C30H28N4O5S. The van der Waals surface area contributed by atoms with Gasteiger partial charge in [0, 0.05) is 36.0 Å². The largest absolute Gasteiger partial charge is 0.478 e. The number of methoxy groups -OCH3 is 1. The number of nitrogens with one attached hydrogen (secondary N) is 1. The van der Waals surface area contributed by atoms with Gasteiger partial charge in [0.25, 0.3) is 0 Å². The number of aryl methyl sites for hydroxylation is 2. The van der Waals surface area contributed by atoms with E-state index in [0.29, 0.717) is 18.9 Å². The third kappa shape index (κ3) is 4.43. The number of carboxylic acids is 1. The second-order valence-electron chi connectivity index (χ2n) is 10.1. The minimum atomic E-state index is -0.978. The molecule has 2 N–H and O–H groups in total. The summed E-state index contributed by atoms with van der Waals surface area (Å²) in [4.78, 5) is 22.6. The highest BCUT2D eigenvalue weighted by atomic mass is 32.1. The lowest BCUT2D eigenvalue weighted by molar-refractivity contribution is -0.202. The Morgan fingerprint density at radius 1 is 1.18 bits per heavy atom. The van der Waals surface area contributed by atoms with E-state index in [-0.39, 0.29) is 11.6 Å². The maximum absolute atomic E-state index is 11.8. The molecule has 0 radical (unpaired) electrons. The lowest BCUT2D eigenvalue weighted by Crippen LogP contribution is -2.48. The Bertz CT molecular complexity index is 1730. The predicted octanol–water partition coefficient (Wildman–Crippen LogP) is 6.37. The summed E-state index contributed by atoms with van der Waals surface area (Å²) in [5.74, 6) is -0.978. The maximum Gasteiger partial charge on any atom is 0.337 e. The van der Waals surface area contributed by atoms with Crippen molar-refractivity contribution in [3.8, 4) is 21.7 Å². The molecule has 0 spiro atoms. The number of rotatable bonds is 8. The van der Waals surface area contributed by atoms with Gasteiger partial charge < -0.3 is 24.4 Å². The molecule has 40 heavy (non-hydrogen) atoms. The molecule has 9 nitrogen and oxygen atoms in total. The minimum absolute atomic E-state index is 0.207. The number of carbonyl (C=O) groups is 1. The van der Waals surface area contributed by atoms with Crippen molar-refractivity contribution in [1.29, 1.82) is 0 Å². The molecule has 0 bridgehead atoms. The number of para-hydroxylation sites is 1. The first-order valence-electron chi connectivity index (χ1n) is 12.8. The molecule has 1 fully saturated rings. The zero-order valence-corrected chi connectivity index (χ0v) is 23.3. The predicted molar refractivity (Wildman–Crippen MR) is 153 cm³/mol. The SMILES string of the molecule is COC1(c2ncc(-c3cc4c(C(C)Nc5ccccc5C(=O)O)cc(C)cc4nc3-c3conc3C)s2)COC1. The van der Waals surface area contributed by atoms with Gasteiger partial charge in [-0.05, 0) is 56.2 Å². The van der Waals surface area contributed by atoms with Crippen LogP contribution in [0.3, 0.4) is 0 Å². The van der Waals surface area contributed by atoms with E-state index in [4.69, 9.17) is 24.0 Å². The molecular weight excluding hydrogens is 528 g/mol. The summed E-state index contributed by atoms with van der Waals surface area (Å²) in [6.45, 7) is 6.88. The first kappa shape index (κ1) is 26.1. The van der Waals surface area contributed by atoms with E-state index < -0.39 is 11.6 Å². The van der Waals surface area contributed by atoms with Crippen LogP contribution in [0, 0.1) is 13.8 Å². The third-order valence-corrected chi connectivity index (χ3v) is 8.55. The van der Waals surface area contributed by atoms with Gasteiger partial charge >= 0.3 is 5.97 Å². The molecule has 0 amide bonds. The van der Waals surface area contributed by atoms with Crippen LogP contribution in [0.1, 0.15) is 45.2 Å². The second-order valence-corrected chi connectivity index (χ2v) is 11.1. The molecule has 0 aliphatic carbocycles. The molecule has 1 unspecified atom stereocenters. The fraction of sp³-hybridized carbons (Fsp3) is 0.267. The van der Waals surface area contributed by atoms with Gasteiger partial charge in [0.15, 0.2) is 5.60 Å². The molecule has 4 heterocycles. The van der Waals surface area contributed by atoms with E-state index in [2.05, 4.69) is 28.7 Å². The van der Waals surface area contributed by atoms with Gasteiger partial charge in [0.2, 0.25) is 0 Å². The van der Waals surface area contributed by atoms with E-state index in [1.807, 2.05) is 33.0 Å². The fourth-order valence-corrected chi connectivity index (χ4v) is 6.12. The van der Waals surface area contributed by atoms with Crippen molar-refractivity contribution >= 4 is 33.9 Å². The molecule has 1 saturated heterocycles. The van der Waals surface area contributed by atoms with Crippen molar-refractivity contribution in [3.63, 3.8) is 0 Å². The standard InChI is InChI=1S/C30H28N4O5S/c1-16-9-20(17(2)32-24-8-6-5-7-19(24)28(35)36)21-11-22(26-12-31-29(40-26)30(37-4)14-38-15-30)27(33-25(21)10-16)23-13-39-34-18(23)3/h5-13,17,32H,14-15H2,1-4H3,(H,35,36). The zero-order valence-electron chi connectivity index (χ0n) is 22.5. The van der Waals surface area contributed by atoms with Crippen molar-refractivity contribution in [2.45, 2.75) is 32.4 Å². The summed E-state index contributed by atoms with van der Waals surface area (Å²) < 4.78 is 16.5. The number of anilines is 1. The van der Waals surface area contributed by atoms with Crippen molar-refractivity contribution in [1.82, 2.24) is 15.1 Å². The average molecular weight is 557 g/mol. The van der Waals surface area contributed by atoms with Crippen molar-refractivity contribution in [2.24, 2.45) is 0 Å². The molecule has 5 aromatic rings. The Balaban J connectivity index is 1.51. The highest BCUT2D eigenvalue weighted by molar-refractivity contribution is 7.15. The number of benzene rings is 2. The number of aromatic carboxylic acids is 1. The molecule has 1 atom stereocenters. The quantitative estimate of drug-likeness (QED) is 0.224. The van der Waals surface area contributed by atoms with Gasteiger partial charge in [-0.2, -0.15) is 0 Å². The lowest BCUT2D eigenvalue weighted by Gasteiger charge is -2.38. The van der Waals surface area contributed by atoms with Crippen LogP contribution in [0.25, 0.3) is 32.6 Å². The molecule has 0 saturated carbocycles. The summed E-state index contributed by atoms with van der Waals surface area (Å²) >= 11 is 1.56. The number of hydrogen-bond acceptors (Lipinski definition) is 9. The fourth-order valence-electron chi connectivity index (χ4n) is 5.05. The molecule has 10 heteroatoms. The summed E-state index contributed by atoms with van der Waals surface area (Å²) in [5, 5.41) is 19.0. The van der Waals surface area contributed by atoms with Crippen LogP contribution >= 0.6 is 11.3 Å². The average Bonchev–Trinajstić information content (AvgIpc) is 3.57. The van der Waals surface area contributed by atoms with E-state index in [1.165, 1.54) is 0 Å². The Hall–Kier alpha value is -4.12. The maximum atomic E-state index is 11.8. The summed E-state index contributed by atoms with van der Waals surface area (Å²) in [7, 11) is 1.68. The second kappa shape index (κ2) is 10.1. The van der Waals surface area contributed by atoms with E-state index in [1.54, 1.807) is 42.9 Å². The number of ether oxygens (including phenoxy) is 2. The normalized spacial score (nSPS) is 15.1. The molecule has 6 rings (SSSR count). The van der Waals surface area contributed by atoms with Crippen LogP contribution in [0.2, 0.25) is 0 Å². The van der Waals surface area contributed by atoms with E-state index in [0.717, 1.165) is 54.4 Å². The zero-order chi connectivity index (χ0) is 28.0. The van der Waals surface area contributed by atoms with Crippen LogP contribution in [-0.2, 0) is 15.1 Å².